The summed E-state index contributed by atoms with van der Waals surface area (Å²) in [6, 6.07) is 6.12. The minimum Gasteiger partial charge on any atom is -0.378 e. The van der Waals surface area contributed by atoms with Crippen molar-refractivity contribution in [3.63, 3.8) is 0 Å². The SMILES string of the molecule is c1nc2c(Nc3ccc(N4CCOCC4)nn3)cc(C3CCCNC3)cn2n1. The minimum absolute atomic E-state index is 0.484. The number of morpholine rings is 1. The second-order valence-corrected chi connectivity index (χ2v) is 7.26. The summed E-state index contributed by atoms with van der Waals surface area (Å²) >= 11 is 0. The number of nitrogens with zero attached hydrogens (tertiary/aromatic N) is 6. The Hall–Kier alpha value is -2.78. The van der Waals surface area contributed by atoms with E-state index in [0.717, 1.165) is 56.5 Å². The average Bonchev–Trinajstić information content (AvgIpc) is 3.25. The number of fused-ring (bicyclic) bond motifs is 1. The van der Waals surface area contributed by atoms with E-state index < -0.39 is 0 Å². The van der Waals surface area contributed by atoms with Gasteiger partial charge >= 0.3 is 0 Å². The molecule has 1 atom stereocenters. The molecule has 2 aliphatic rings. The van der Waals surface area contributed by atoms with E-state index in [-0.39, 0.29) is 0 Å². The molecule has 5 heterocycles. The molecule has 2 fully saturated rings. The van der Waals surface area contributed by atoms with Crippen LogP contribution in [0.1, 0.15) is 24.3 Å². The van der Waals surface area contributed by atoms with Gasteiger partial charge in [0.25, 0.3) is 0 Å². The zero-order chi connectivity index (χ0) is 18.8. The van der Waals surface area contributed by atoms with E-state index in [9.17, 15) is 0 Å². The predicted octanol–water partition coefficient (Wildman–Crippen LogP) is 1.57. The van der Waals surface area contributed by atoms with Crippen LogP contribution in [-0.2, 0) is 4.74 Å². The molecule has 3 aromatic heterocycles. The summed E-state index contributed by atoms with van der Waals surface area (Å²) in [5.41, 5.74) is 2.94. The third-order valence-corrected chi connectivity index (χ3v) is 5.41. The second-order valence-electron chi connectivity index (χ2n) is 7.26. The maximum absolute atomic E-state index is 5.40. The third-order valence-electron chi connectivity index (χ3n) is 5.41. The second kappa shape index (κ2) is 7.69. The van der Waals surface area contributed by atoms with Crippen LogP contribution in [0.2, 0.25) is 0 Å². The Morgan fingerprint density at radius 3 is 2.89 bits per heavy atom. The number of hydrogen-bond acceptors (Lipinski definition) is 8. The van der Waals surface area contributed by atoms with Crippen LogP contribution in [0.4, 0.5) is 17.3 Å². The highest BCUT2D eigenvalue weighted by atomic mass is 16.5. The first kappa shape index (κ1) is 17.3. The van der Waals surface area contributed by atoms with Gasteiger partial charge in [-0.3, -0.25) is 0 Å². The summed E-state index contributed by atoms with van der Waals surface area (Å²) in [4.78, 5) is 6.58. The quantitative estimate of drug-likeness (QED) is 0.705. The maximum atomic E-state index is 5.40. The van der Waals surface area contributed by atoms with Gasteiger partial charge in [0.1, 0.15) is 6.33 Å². The standard InChI is InChI=1S/C19H24N8O/c1-2-14(11-20-5-1)15-10-16(19-21-13-22-27(19)12-15)23-17-3-4-18(25-24-17)26-6-8-28-9-7-26/h3-4,10,12-14,20H,1-2,5-9,11H2,(H,23,24). The van der Waals surface area contributed by atoms with Gasteiger partial charge in [0.2, 0.25) is 0 Å². The summed E-state index contributed by atoms with van der Waals surface area (Å²) in [7, 11) is 0. The van der Waals surface area contributed by atoms with Crippen molar-refractivity contribution >= 4 is 23.0 Å². The first-order chi connectivity index (χ1) is 13.9. The Balaban J connectivity index is 1.40. The monoisotopic (exact) mass is 380 g/mol. The highest BCUT2D eigenvalue weighted by Gasteiger charge is 2.18. The minimum atomic E-state index is 0.484. The van der Waals surface area contributed by atoms with E-state index in [1.807, 2.05) is 16.6 Å². The van der Waals surface area contributed by atoms with Gasteiger partial charge in [0.05, 0.1) is 18.9 Å². The molecule has 3 aromatic rings. The normalized spacial score (nSPS) is 20.4. The lowest BCUT2D eigenvalue weighted by molar-refractivity contribution is 0.122. The van der Waals surface area contributed by atoms with Crippen molar-refractivity contribution in [3.05, 3.63) is 36.3 Å². The average molecular weight is 380 g/mol. The number of nitrogens with one attached hydrogen (secondary N) is 2. The number of piperidine rings is 1. The van der Waals surface area contributed by atoms with Crippen molar-refractivity contribution in [1.29, 1.82) is 0 Å². The van der Waals surface area contributed by atoms with E-state index in [1.165, 1.54) is 18.4 Å². The van der Waals surface area contributed by atoms with Crippen molar-refractivity contribution in [2.75, 3.05) is 49.6 Å². The van der Waals surface area contributed by atoms with E-state index in [1.54, 1.807) is 6.33 Å². The van der Waals surface area contributed by atoms with Crippen molar-refractivity contribution in [2.45, 2.75) is 18.8 Å². The van der Waals surface area contributed by atoms with E-state index in [0.29, 0.717) is 11.7 Å². The van der Waals surface area contributed by atoms with Gasteiger partial charge in [-0.1, -0.05) is 0 Å². The van der Waals surface area contributed by atoms with Crippen LogP contribution in [-0.4, -0.2) is 64.2 Å². The van der Waals surface area contributed by atoms with Crippen LogP contribution in [0.3, 0.4) is 0 Å². The van der Waals surface area contributed by atoms with E-state index in [2.05, 4.69) is 48.1 Å². The first-order valence-electron chi connectivity index (χ1n) is 9.84. The molecule has 9 nitrogen and oxygen atoms in total. The molecule has 0 spiro atoms. The highest BCUT2D eigenvalue weighted by Crippen LogP contribution is 2.28. The Labute approximate surface area is 163 Å². The molecule has 5 rings (SSSR count). The molecule has 2 N–H and O–H groups in total. The van der Waals surface area contributed by atoms with Crippen LogP contribution in [0.5, 0.6) is 0 Å². The molecule has 0 aliphatic carbocycles. The largest absolute Gasteiger partial charge is 0.378 e. The summed E-state index contributed by atoms with van der Waals surface area (Å²) in [6.07, 6.45) is 6.03. The zero-order valence-electron chi connectivity index (χ0n) is 15.7. The third kappa shape index (κ3) is 3.50. The summed E-state index contributed by atoms with van der Waals surface area (Å²) in [6.45, 7) is 5.25. The fraction of sp³-hybridized carbons (Fsp3) is 0.474. The van der Waals surface area contributed by atoms with E-state index in [4.69, 9.17) is 4.74 Å². The predicted molar refractivity (Wildman–Crippen MR) is 106 cm³/mol. The van der Waals surface area contributed by atoms with Gasteiger partial charge in [-0.25, -0.2) is 9.50 Å². The maximum Gasteiger partial charge on any atom is 0.178 e. The molecule has 0 aromatic carbocycles. The summed E-state index contributed by atoms with van der Waals surface area (Å²) in [5, 5.41) is 20.0. The smallest absolute Gasteiger partial charge is 0.178 e. The van der Waals surface area contributed by atoms with Gasteiger partial charge in [-0.05, 0) is 49.1 Å². The van der Waals surface area contributed by atoms with Crippen LogP contribution in [0, 0.1) is 0 Å². The molecule has 2 saturated heterocycles. The molecule has 2 aliphatic heterocycles. The van der Waals surface area contributed by atoms with Gasteiger partial charge in [0, 0.05) is 25.8 Å². The van der Waals surface area contributed by atoms with Gasteiger partial charge < -0.3 is 20.3 Å². The lowest BCUT2D eigenvalue weighted by Crippen LogP contribution is -2.36. The fourth-order valence-electron chi connectivity index (χ4n) is 3.89. The van der Waals surface area contributed by atoms with Crippen LogP contribution in [0.15, 0.2) is 30.7 Å². The highest BCUT2D eigenvalue weighted by molar-refractivity contribution is 5.73. The molecule has 28 heavy (non-hydrogen) atoms. The number of rotatable bonds is 4. The molecule has 1 unspecified atom stereocenters. The van der Waals surface area contributed by atoms with E-state index >= 15 is 0 Å². The van der Waals surface area contributed by atoms with Gasteiger partial charge in [0.15, 0.2) is 17.3 Å². The summed E-state index contributed by atoms with van der Waals surface area (Å²) in [5.74, 6) is 2.06. The summed E-state index contributed by atoms with van der Waals surface area (Å²) < 4.78 is 7.23. The molecule has 0 saturated carbocycles. The van der Waals surface area contributed by atoms with Crippen LogP contribution in [0.25, 0.3) is 5.65 Å². The Morgan fingerprint density at radius 2 is 2.11 bits per heavy atom. The molecule has 0 amide bonds. The number of ether oxygens (including phenoxy) is 1. The van der Waals surface area contributed by atoms with Crippen molar-refractivity contribution < 1.29 is 4.74 Å². The number of pyridine rings is 1. The number of anilines is 3. The Kier molecular flexibility index (Phi) is 4.76. The number of hydrogen-bond donors (Lipinski definition) is 2. The van der Waals surface area contributed by atoms with Crippen molar-refractivity contribution in [2.24, 2.45) is 0 Å². The first-order valence-corrected chi connectivity index (χ1v) is 9.84. The van der Waals surface area contributed by atoms with Crippen LogP contribution >= 0.6 is 0 Å². The number of aromatic nitrogens is 5. The van der Waals surface area contributed by atoms with Crippen molar-refractivity contribution in [3.8, 4) is 0 Å². The lowest BCUT2D eigenvalue weighted by atomic mass is 9.92. The van der Waals surface area contributed by atoms with Crippen molar-refractivity contribution in [1.82, 2.24) is 30.1 Å². The topological polar surface area (TPSA) is 92.5 Å². The molecular weight excluding hydrogens is 356 g/mol. The zero-order valence-corrected chi connectivity index (χ0v) is 15.7. The molecule has 146 valence electrons. The van der Waals surface area contributed by atoms with Gasteiger partial charge in [-0.2, -0.15) is 5.10 Å². The Morgan fingerprint density at radius 1 is 1.18 bits per heavy atom. The Bertz CT molecular complexity index is 929. The van der Waals surface area contributed by atoms with Crippen LogP contribution < -0.4 is 15.5 Å². The van der Waals surface area contributed by atoms with Gasteiger partial charge in [-0.15, -0.1) is 10.2 Å². The molecular formula is C19H24N8O. The lowest BCUT2D eigenvalue weighted by Gasteiger charge is -2.27. The molecule has 9 heteroatoms. The molecule has 0 radical (unpaired) electrons. The molecule has 0 bridgehead atoms. The fourth-order valence-corrected chi connectivity index (χ4v) is 3.89.